The van der Waals surface area contributed by atoms with E-state index in [2.05, 4.69) is 6.07 Å². The highest BCUT2D eigenvalue weighted by Crippen LogP contribution is 2.46. The lowest BCUT2D eigenvalue weighted by molar-refractivity contribution is 0.0729. The molecule has 7 nitrogen and oxygen atoms in total. The second kappa shape index (κ2) is 8.93. The van der Waals surface area contributed by atoms with Crippen LogP contribution >= 0.6 is 0 Å². The van der Waals surface area contributed by atoms with Gasteiger partial charge in [0.1, 0.15) is 40.5 Å². The lowest BCUT2D eigenvalue weighted by atomic mass is 9.83. The van der Waals surface area contributed by atoms with Crippen molar-refractivity contribution in [2.75, 3.05) is 14.2 Å². The van der Waals surface area contributed by atoms with Gasteiger partial charge in [-0.25, -0.2) is 9.18 Å². The van der Waals surface area contributed by atoms with E-state index in [1.807, 2.05) is 0 Å². The van der Waals surface area contributed by atoms with Crippen molar-refractivity contribution < 1.29 is 28.1 Å². The number of methoxy groups -OCH3 is 2. The first-order chi connectivity index (χ1) is 16.0. The standard InChI is InChI=1S/C25H19FN2O5/c1-30-14-7-9-17(21(11-14)31-2)23-18-10-8-15(12-22(18)33-24(28)19(23)13-27)32-25(29)16-5-3-4-6-20(16)26/h3-12,23H,28H2,1-2H3. The second-order valence-electron chi connectivity index (χ2n) is 7.10. The Bertz CT molecular complexity index is 1310. The van der Waals surface area contributed by atoms with Gasteiger partial charge < -0.3 is 24.7 Å². The fraction of sp³-hybridized carbons (Fsp3) is 0.120. The van der Waals surface area contributed by atoms with Gasteiger partial charge in [-0.1, -0.05) is 24.3 Å². The predicted molar refractivity (Wildman–Crippen MR) is 117 cm³/mol. The predicted octanol–water partition coefficient (Wildman–Crippen LogP) is 4.28. The first kappa shape index (κ1) is 21.7. The van der Waals surface area contributed by atoms with E-state index in [0.29, 0.717) is 28.4 Å². The van der Waals surface area contributed by atoms with Crippen molar-refractivity contribution in [3.05, 3.63) is 94.6 Å². The molecule has 1 atom stereocenters. The molecule has 8 heteroatoms. The molecule has 2 N–H and O–H groups in total. The number of hydrogen-bond acceptors (Lipinski definition) is 7. The van der Waals surface area contributed by atoms with E-state index in [9.17, 15) is 14.4 Å². The Morgan fingerprint density at radius 1 is 1.03 bits per heavy atom. The van der Waals surface area contributed by atoms with Gasteiger partial charge in [0.2, 0.25) is 5.88 Å². The van der Waals surface area contributed by atoms with Gasteiger partial charge >= 0.3 is 5.97 Å². The molecule has 1 aliphatic heterocycles. The molecule has 1 heterocycles. The summed E-state index contributed by atoms with van der Waals surface area (Å²) in [6.07, 6.45) is 0. The Balaban J connectivity index is 1.74. The minimum atomic E-state index is -0.849. The summed E-state index contributed by atoms with van der Waals surface area (Å²) in [6.45, 7) is 0. The smallest absolute Gasteiger partial charge is 0.346 e. The normalized spacial score (nSPS) is 14.5. The third-order valence-electron chi connectivity index (χ3n) is 5.25. The van der Waals surface area contributed by atoms with E-state index < -0.39 is 17.7 Å². The zero-order valence-corrected chi connectivity index (χ0v) is 17.8. The molecule has 4 rings (SSSR count). The minimum Gasteiger partial charge on any atom is -0.497 e. The maximum atomic E-state index is 13.9. The van der Waals surface area contributed by atoms with Gasteiger partial charge in [0.05, 0.1) is 25.7 Å². The summed E-state index contributed by atoms with van der Waals surface area (Å²) in [6, 6.07) is 17.6. The van der Waals surface area contributed by atoms with Crippen molar-refractivity contribution in [3.63, 3.8) is 0 Å². The van der Waals surface area contributed by atoms with E-state index in [0.717, 1.165) is 0 Å². The monoisotopic (exact) mass is 446 g/mol. The van der Waals surface area contributed by atoms with Gasteiger partial charge in [0.15, 0.2) is 0 Å². The van der Waals surface area contributed by atoms with Crippen LogP contribution in [0.4, 0.5) is 4.39 Å². The number of nitrogens with two attached hydrogens (primary N) is 1. The van der Waals surface area contributed by atoms with Gasteiger partial charge in [-0.3, -0.25) is 0 Å². The summed E-state index contributed by atoms with van der Waals surface area (Å²) in [5.41, 5.74) is 7.37. The highest BCUT2D eigenvalue weighted by Gasteiger charge is 2.33. The van der Waals surface area contributed by atoms with Crippen molar-refractivity contribution in [2.45, 2.75) is 5.92 Å². The Morgan fingerprint density at radius 2 is 1.76 bits per heavy atom. The summed E-state index contributed by atoms with van der Waals surface area (Å²) in [7, 11) is 3.06. The van der Waals surface area contributed by atoms with Crippen molar-refractivity contribution >= 4 is 5.97 Å². The van der Waals surface area contributed by atoms with E-state index in [1.54, 1.807) is 37.4 Å². The van der Waals surface area contributed by atoms with E-state index in [-0.39, 0.29) is 22.8 Å². The number of nitrogens with zero attached hydrogens (tertiary/aromatic N) is 1. The summed E-state index contributed by atoms with van der Waals surface area (Å²) in [5, 5.41) is 9.77. The summed E-state index contributed by atoms with van der Waals surface area (Å²) in [4.78, 5) is 12.4. The Labute approximate surface area is 189 Å². The number of benzene rings is 3. The van der Waals surface area contributed by atoms with Crippen LogP contribution in [0, 0.1) is 17.1 Å². The number of hydrogen-bond donors (Lipinski definition) is 1. The fourth-order valence-corrected chi connectivity index (χ4v) is 3.66. The van der Waals surface area contributed by atoms with Gasteiger partial charge in [-0.05, 0) is 24.3 Å². The Kier molecular flexibility index (Phi) is 5.87. The molecule has 0 amide bonds. The van der Waals surface area contributed by atoms with Gasteiger partial charge in [-0.15, -0.1) is 0 Å². The largest absolute Gasteiger partial charge is 0.497 e. The van der Waals surface area contributed by atoms with Crippen LogP contribution in [0.2, 0.25) is 0 Å². The van der Waals surface area contributed by atoms with Crippen LogP contribution in [-0.2, 0) is 0 Å². The number of fused-ring (bicyclic) bond motifs is 1. The number of ether oxygens (including phenoxy) is 4. The van der Waals surface area contributed by atoms with Gasteiger partial charge in [0, 0.05) is 23.3 Å². The van der Waals surface area contributed by atoms with Crippen molar-refractivity contribution in [1.82, 2.24) is 0 Å². The molecule has 0 saturated heterocycles. The molecular weight excluding hydrogens is 427 g/mol. The van der Waals surface area contributed by atoms with Crippen LogP contribution < -0.4 is 24.7 Å². The molecule has 166 valence electrons. The zero-order chi connectivity index (χ0) is 23.5. The maximum absolute atomic E-state index is 13.9. The maximum Gasteiger partial charge on any atom is 0.346 e. The fourth-order valence-electron chi connectivity index (χ4n) is 3.66. The summed E-state index contributed by atoms with van der Waals surface area (Å²) >= 11 is 0. The molecule has 0 aliphatic carbocycles. The molecule has 0 spiro atoms. The minimum absolute atomic E-state index is 0.0783. The molecule has 0 aromatic heterocycles. The quantitative estimate of drug-likeness (QED) is 0.461. The average molecular weight is 446 g/mol. The van der Waals surface area contributed by atoms with Crippen LogP contribution in [0.15, 0.2) is 72.1 Å². The van der Waals surface area contributed by atoms with Crippen LogP contribution in [0.1, 0.15) is 27.4 Å². The first-order valence-corrected chi connectivity index (χ1v) is 9.87. The van der Waals surface area contributed by atoms with Gasteiger partial charge in [0.25, 0.3) is 0 Å². The summed E-state index contributed by atoms with van der Waals surface area (Å²) < 4.78 is 35.7. The molecular formula is C25H19FN2O5. The Morgan fingerprint density at radius 3 is 2.45 bits per heavy atom. The molecule has 1 unspecified atom stereocenters. The highest BCUT2D eigenvalue weighted by molar-refractivity contribution is 5.91. The molecule has 1 aliphatic rings. The number of esters is 1. The van der Waals surface area contributed by atoms with Crippen molar-refractivity contribution in [1.29, 1.82) is 5.26 Å². The number of carbonyl (C=O) groups is 1. The van der Waals surface area contributed by atoms with Crippen LogP contribution in [0.5, 0.6) is 23.0 Å². The van der Waals surface area contributed by atoms with E-state index >= 15 is 0 Å². The van der Waals surface area contributed by atoms with E-state index in [1.165, 1.54) is 37.4 Å². The zero-order valence-electron chi connectivity index (χ0n) is 17.8. The highest BCUT2D eigenvalue weighted by atomic mass is 19.1. The Hall–Kier alpha value is -4.51. The molecule has 3 aromatic carbocycles. The third-order valence-corrected chi connectivity index (χ3v) is 5.25. The third kappa shape index (κ3) is 4.04. The van der Waals surface area contributed by atoms with Crippen molar-refractivity contribution in [3.8, 4) is 29.1 Å². The van der Waals surface area contributed by atoms with Crippen molar-refractivity contribution in [2.24, 2.45) is 5.73 Å². The first-order valence-electron chi connectivity index (χ1n) is 9.87. The molecule has 0 saturated carbocycles. The molecule has 0 fully saturated rings. The summed E-state index contributed by atoms with van der Waals surface area (Å²) in [5.74, 6) is -0.672. The van der Waals surface area contributed by atoms with Crippen LogP contribution in [-0.4, -0.2) is 20.2 Å². The number of rotatable bonds is 5. The number of nitriles is 1. The molecule has 3 aromatic rings. The number of carbonyl (C=O) groups excluding carboxylic acids is 1. The molecule has 33 heavy (non-hydrogen) atoms. The van der Waals surface area contributed by atoms with Gasteiger partial charge in [-0.2, -0.15) is 5.26 Å². The SMILES string of the molecule is COc1ccc(C2C(C#N)=C(N)Oc3cc(OC(=O)c4ccccc4F)ccc32)c(OC)c1. The number of halogens is 1. The topological polar surface area (TPSA) is 104 Å². The van der Waals surface area contributed by atoms with Crippen LogP contribution in [0.25, 0.3) is 0 Å². The molecule has 0 radical (unpaired) electrons. The lowest BCUT2D eigenvalue weighted by Gasteiger charge is -2.27. The van der Waals surface area contributed by atoms with Crippen LogP contribution in [0.3, 0.4) is 0 Å². The lowest BCUT2D eigenvalue weighted by Crippen LogP contribution is -2.21. The number of allylic oxidation sites excluding steroid dienone is 1. The molecule has 0 bridgehead atoms. The van der Waals surface area contributed by atoms with E-state index in [4.69, 9.17) is 24.7 Å². The second-order valence-corrected chi connectivity index (χ2v) is 7.10. The average Bonchev–Trinajstić information content (AvgIpc) is 2.82.